The molecule has 5 heteroatoms. The minimum Gasteiger partial charge on any atom is -0.322 e. The lowest BCUT2D eigenvalue weighted by Gasteiger charge is -2.16. The fourth-order valence-electron chi connectivity index (χ4n) is 1.86. The summed E-state index contributed by atoms with van der Waals surface area (Å²) < 4.78 is 0. The van der Waals surface area contributed by atoms with Crippen LogP contribution in [-0.4, -0.2) is 18.5 Å². The van der Waals surface area contributed by atoms with Crippen molar-refractivity contribution in [2.45, 2.75) is 33.2 Å². The number of anilines is 1. The van der Waals surface area contributed by atoms with E-state index in [-0.39, 0.29) is 12.5 Å². The van der Waals surface area contributed by atoms with Gasteiger partial charge in [0.15, 0.2) is 0 Å². The molecule has 3 nitrogen and oxygen atoms in total. The second-order valence-corrected chi connectivity index (χ2v) is 5.87. The maximum atomic E-state index is 11.8. The molecule has 0 saturated heterocycles. The van der Waals surface area contributed by atoms with E-state index >= 15 is 0 Å². The van der Waals surface area contributed by atoms with E-state index in [1.54, 1.807) is 18.2 Å². The number of hydrogen-bond donors (Lipinski definition) is 2. The third-order valence-corrected chi connectivity index (χ3v) is 3.29. The minimum absolute atomic E-state index is 0.148. The second-order valence-electron chi connectivity index (χ2n) is 5.06. The van der Waals surface area contributed by atoms with Gasteiger partial charge in [-0.15, -0.1) is 0 Å². The molecule has 0 heterocycles. The van der Waals surface area contributed by atoms with Crippen LogP contribution >= 0.6 is 23.2 Å². The zero-order valence-corrected chi connectivity index (χ0v) is 13.0. The van der Waals surface area contributed by atoms with Gasteiger partial charge in [-0.05, 0) is 31.4 Å². The maximum absolute atomic E-state index is 11.8. The van der Waals surface area contributed by atoms with Crippen molar-refractivity contribution in [2.24, 2.45) is 5.92 Å². The summed E-state index contributed by atoms with van der Waals surface area (Å²) >= 11 is 12.0. The van der Waals surface area contributed by atoms with Crippen molar-refractivity contribution < 1.29 is 4.79 Å². The topological polar surface area (TPSA) is 41.1 Å². The van der Waals surface area contributed by atoms with Crippen molar-refractivity contribution in [3.8, 4) is 0 Å². The van der Waals surface area contributed by atoms with Gasteiger partial charge in [0, 0.05) is 6.04 Å². The van der Waals surface area contributed by atoms with Crippen LogP contribution in [0.2, 0.25) is 10.0 Å². The summed E-state index contributed by atoms with van der Waals surface area (Å²) in [5.74, 6) is 0.453. The van der Waals surface area contributed by atoms with Gasteiger partial charge in [-0.3, -0.25) is 4.79 Å². The Balaban J connectivity index is 2.48. The second kappa shape index (κ2) is 7.73. The molecular formula is C14H20Cl2N2O. The molecule has 0 fully saturated rings. The molecule has 0 saturated carbocycles. The van der Waals surface area contributed by atoms with Gasteiger partial charge in [0.05, 0.1) is 22.3 Å². The number of benzene rings is 1. The van der Waals surface area contributed by atoms with Gasteiger partial charge in [0.25, 0.3) is 0 Å². The summed E-state index contributed by atoms with van der Waals surface area (Å²) in [5, 5.41) is 6.78. The van der Waals surface area contributed by atoms with Gasteiger partial charge in [-0.1, -0.05) is 43.1 Å². The zero-order chi connectivity index (χ0) is 14.4. The molecule has 1 amide bonds. The molecule has 1 aromatic carbocycles. The first kappa shape index (κ1) is 16.3. The molecule has 0 bridgehead atoms. The molecule has 0 radical (unpaired) electrons. The summed E-state index contributed by atoms with van der Waals surface area (Å²) in [7, 11) is 0. The zero-order valence-electron chi connectivity index (χ0n) is 11.5. The molecule has 1 unspecified atom stereocenters. The number of para-hydroxylation sites is 1. The number of rotatable bonds is 6. The summed E-state index contributed by atoms with van der Waals surface area (Å²) in [6, 6.07) is 5.42. The highest BCUT2D eigenvalue weighted by molar-refractivity contribution is 6.39. The first-order valence-corrected chi connectivity index (χ1v) is 7.13. The average molecular weight is 303 g/mol. The lowest BCUT2D eigenvalue weighted by Crippen LogP contribution is -2.35. The van der Waals surface area contributed by atoms with E-state index in [1.165, 1.54) is 0 Å². The lowest BCUT2D eigenvalue weighted by atomic mass is 10.1. The van der Waals surface area contributed by atoms with Crippen LogP contribution in [0.5, 0.6) is 0 Å². The Morgan fingerprint density at radius 3 is 2.32 bits per heavy atom. The Bertz CT molecular complexity index is 415. The van der Waals surface area contributed by atoms with Crippen LogP contribution < -0.4 is 10.6 Å². The van der Waals surface area contributed by atoms with Crippen molar-refractivity contribution in [1.29, 1.82) is 0 Å². The molecule has 0 aliphatic carbocycles. The van der Waals surface area contributed by atoms with Crippen LogP contribution in [0.25, 0.3) is 0 Å². The normalized spacial score (nSPS) is 12.5. The lowest BCUT2D eigenvalue weighted by molar-refractivity contribution is -0.115. The molecule has 106 valence electrons. The van der Waals surface area contributed by atoms with Gasteiger partial charge in [0.2, 0.25) is 5.91 Å². The monoisotopic (exact) mass is 302 g/mol. The largest absolute Gasteiger partial charge is 0.322 e. The van der Waals surface area contributed by atoms with Crippen molar-refractivity contribution in [1.82, 2.24) is 5.32 Å². The summed E-state index contributed by atoms with van der Waals surface area (Å²) in [6.07, 6.45) is 1.03. The average Bonchev–Trinajstić information content (AvgIpc) is 2.30. The van der Waals surface area contributed by atoms with Gasteiger partial charge in [-0.2, -0.15) is 0 Å². The third kappa shape index (κ3) is 5.81. The van der Waals surface area contributed by atoms with E-state index in [2.05, 4.69) is 31.4 Å². The highest BCUT2D eigenvalue weighted by Gasteiger charge is 2.11. The summed E-state index contributed by atoms with van der Waals surface area (Å²) in [6.45, 7) is 6.62. The van der Waals surface area contributed by atoms with E-state index in [9.17, 15) is 4.79 Å². The molecule has 1 aromatic rings. The smallest absolute Gasteiger partial charge is 0.238 e. The molecule has 0 spiro atoms. The van der Waals surface area contributed by atoms with E-state index < -0.39 is 0 Å². The first-order chi connectivity index (χ1) is 8.90. The summed E-state index contributed by atoms with van der Waals surface area (Å²) in [4.78, 5) is 11.8. The SMILES string of the molecule is CC(C)CC(C)NCC(=O)Nc1c(Cl)cccc1Cl. The van der Waals surface area contributed by atoms with Crippen molar-refractivity contribution >= 4 is 34.8 Å². The van der Waals surface area contributed by atoms with Gasteiger partial charge >= 0.3 is 0 Å². The van der Waals surface area contributed by atoms with E-state index in [1.807, 2.05) is 0 Å². The molecule has 0 aliphatic heterocycles. The highest BCUT2D eigenvalue weighted by atomic mass is 35.5. The molecule has 2 N–H and O–H groups in total. The van der Waals surface area contributed by atoms with E-state index in [4.69, 9.17) is 23.2 Å². The van der Waals surface area contributed by atoms with Crippen molar-refractivity contribution in [3.63, 3.8) is 0 Å². The Labute approximate surface area is 124 Å². The standard InChI is InChI=1S/C14H20Cl2N2O/c1-9(2)7-10(3)17-8-13(19)18-14-11(15)5-4-6-12(14)16/h4-6,9-10,17H,7-8H2,1-3H3,(H,18,19). The van der Waals surface area contributed by atoms with Gasteiger partial charge in [-0.25, -0.2) is 0 Å². The Kier molecular flexibility index (Phi) is 6.63. The third-order valence-electron chi connectivity index (χ3n) is 2.66. The van der Waals surface area contributed by atoms with Gasteiger partial charge < -0.3 is 10.6 Å². The number of hydrogen-bond acceptors (Lipinski definition) is 2. The fourth-order valence-corrected chi connectivity index (χ4v) is 2.35. The molecule has 0 aromatic heterocycles. The van der Waals surface area contributed by atoms with Crippen LogP contribution in [0.4, 0.5) is 5.69 Å². The molecule has 19 heavy (non-hydrogen) atoms. The predicted molar refractivity (Wildman–Crippen MR) is 82.0 cm³/mol. The highest BCUT2D eigenvalue weighted by Crippen LogP contribution is 2.29. The van der Waals surface area contributed by atoms with Crippen LogP contribution in [-0.2, 0) is 4.79 Å². The number of nitrogens with one attached hydrogen (secondary N) is 2. The minimum atomic E-state index is -0.148. The van der Waals surface area contributed by atoms with Crippen molar-refractivity contribution in [2.75, 3.05) is 11.9 Å². The van der Waals surface area contributed by atoms with E-state index in [0.29, 0.717) is 27.7 Å². The van der Waals surface area contributed by atoms with Crippen LogP contribution in [0, 0.1) is 5.92 Å². The molecular weight excluding hydrogens is 283 g/mol. The predicted octanol–water partition coefficient (Wildman–Crippen LogP) is 3.96. The quantitative estimate of drug-likeness (QED) is 0.835. The van der Waals surface area contributed by atoms with Crippen LogP contribution in [0.3, 0.4) is 0 Å². The Hall–Kier alpha value is -0.770. The van der Waals surface area contributed by atoms with Gasteiger partial charge in [0.1, 0.15) is 0 Å². The van der Waals surface area contributed by atoms with Crippen LogP contribution in [0.1, 0.15) is 27.2 Å². The molecule has 1 rings (SSSR count). The van der Waals surface area contributed by atoms with E-state index in [0.717, 1.165) is 6.42 Å². The number of carbonyl (C=O) groups is 1. The Morgan fingerprint density at radius 1 is 1.21 bits per heavy atom. The van der Waals surface area contributed by atoms with Crippen LogP contribution in [0.15, 0.2) is 18.2 Å². The summed E-state index contributed by atoms with van der Waals surface area (Å²) in [5.41, 5.74) is 0.467. The first-order valence-electron chi connectivity index (χ1n) is 6.37. The maximum Gasteiger partial charge on any atom is 0.238 e. The fraction of sp³-hybridized carbons (Fsp3) is 0.500. The number of amides is 1. The number of carbonyl (C=O) groups excluding carboxylic acids is 1. The Morgan fingerprint density at radius 2 is 1.79 bits per heavy atom. The molecule has 1 atom stereocenters. The van der Waals surface area contributed by atoms with Crippen molar-refractivity contribution in [3.05, 3.63) is 28.2 Å². The molecule has 0 aliphatic rings. The number of halogens is 2.